The molecule has 64 heavy (non-hydrogen) atoms. The maximum Gasteiger partial charge on any atom is 0.0546 e. The van der Waals surface area contributed by atoms with Crippen LogP contribution in [0.2, 0.25) is 0 Å². The Morgan fingerprint density at radius 1 is 0.266 bits per heavy atom. The summed E-state index contributed by atoms with van der Waals surface area (Å²) in [4.78, 5) is 5.09. The lowest BCUT2D eigenvalue weighted by Gasteiger charge is -2.33. The van der Waals surface area contributed by atoms with Crippen LogP contribution in [0.1, 0.15) is 128 Å². The highest BCUT2D eigenvalue weighted by Crippen LogP contribution is 2.50. The van der Waals surface area contributed by atoms with E-state index in [-0.39, 0.29) is 21.7 Å². The van der Waals surface area contributed by atoms with E-state index >= 15 is 0 Å². The normalized spacial score (nSPS) is 12.7. The summed E-state index contributed by atoms with van der Waals surface area (Å²) >= 11 is 0. The van der Waals surface area contributed by atoms with Crippen LogP contribution in [0.3, 0.4) is 0 Å². The summed E-state index contributed by atoms with van der Waals surface area (Å²) in [7, 11) is 0. The van der Waals surface area contributed by atoms with Crippen molar-refractivity contribution < 1.29 is 0 Å². The summed E-state index contributed by atoms with van der Waals surface area (Å²) in [5.41, 5.74) is 17.2. The molecule has 0 N–H and O–H groups in total. The van der Waals surface area contributed by atoms with Crippen molar-refractivity contribution in [2.45, 2.75) is 132 Å². The van der Waals surface area contributed by atoms with E-state index in [0.717, 1.165) is 0 Å². The van der Waals surface area contributed by atoms with Gasteiger partial charge in [-0.05, 0) is 176 Å². The molecule has 0 fully saturated rings. The lowest BCUT2D eigenvalue weighted by atomic mass is 9.80. The Labute approximate surface area is 385 Å². The van der Waals surface area contributed by atoms with Gasteiger partial charge in [-0.2, -0.15) is 0 Å². The molecule has 0 bridgehead atoms. The Morgan fingerprint density at radius 3 is 0.781 bits per heavy atom. The molecule has 0 aromatic heterocycles. The molecule has 2 heteroatoms. The summed E-state index contributed by atoms with van der Waals surface area (Å²) in [6.45, 7) is 36.9. The number of hydrogen-bond donors (Lipinski definition) is 0. The molecule has 0 aliphatic rings. The molecule has 0 saturated heterocycles. The quantitative estimate of drug-likeness (QED) is 0.154. The van der Waals surface area contributed by atoms with E-state index in [1.54, 1.807) is 0 Å². The molecular formula is C62H70N2. The van der Waals surface area contributed by atoms with Crippen LogP contribution in [0.25, 0.3) is 32.3 Å². The van der Waals surface area contributed by atoms with Gasteiger partial charge in [-0.15, -0.1) is 0 Å². The van der Waals surface area contributed by atoms with Gasteiger partial charge in [0.25, 0.3) is 0 Å². The minimum atomic E-state index is -0.0377. The standard InChI is InChI=1S/C62H70N2/c1-39-25-40(2)28-47(27-39)63(49-33-43(59(5,6)7)31-44(34-49)60(8,9)10)57-37-55-52-22-18-20-24-54(52)58(38-56(55)51-21-17-19-23-53(51)57)64(48-29-41(3)26-42(4)30-48)50-35-45(61(11,12)13)32-46(36-50)62(14,15)16/h17-38H,1-16H3. The number of hydrogen-bond acceptors (Lipinski definition) is 2. The fraction of sp³-hybridized carbons (Fsp3) is 0.323. The van der Waals surface area contributed by atoms with Crippen molar-refractivity contribution >= 4 is 66.4 Å². The van der Waals surface area contributed by atoms with Crippen LogP contribution in [0.5, 0.6) is 0 Å². The first kappa shape index (κ1) is 44.7. The second-order valence-electron chi connectivity index (χ2n) is 22.9. The van der Waals surface area contributed by atoms with E-state index in [0.29, 0.717) is 0 Å². The molecule has 0 atom stereocenters. The Morgan fingerprint density at radius 2 is 0.516 bits per heavy atom. The smallest absolute Gasteiger partial charge is 0.0546 e. The van der Waals surface area contributed by atoms with Crippen LogP contribution < -0.4 is 9.80 Å². The summed E-state index contributed by atoms with van der Waals surface area (Å²) in [5, 5.41) is 7.39. The van der Waals surface area contributed by atoms with Crippen molar-refractivity contribution in [2.75, 3.05) is 9.80 Å². The number of rotatable bonds is 6. The van der Waals surface area contributed by atoms with Crippen LogP contribution in [-0.4, -0.2) is 0 Å². The van der Waals surface area contributed by atoms with Gasteiger partial charge < -0.3 is 9.80 Å². The van der Waals surface area contributed by atoms with E-state index < -0.39 is 0 Å². The lowest BCUT2D eigenvalue weighted by molar-refractivity contribution is 0.568. The summed E-state index contributed by atoms with van der Waals surface area (Å²) < 4.78 is 0. The van der Waals surface area contributed by atoms with Gasteiger partial charge in [0.15, 0.2) is 0 Å². The zero-order valence-electron chi connectivity index (χ0n) is 41.6. The Balaban J connectivity index is 1.51. The van der Waals surface area contributed by atoms with Gasteiger partial charge >= 0.3 is 0 Å². The summed E-state index contributed by atoms with van der Waals surface area (Å²) in [6.07, 6.45) is 0. The van der Waals surface area contributed by atoms with Crippen LogP contribution in [0.15, 0.2) is 133 Å². The molecule has 0 radical (unpaired) electrons. The van der Waals surface area contributed by atoms with Crippen molar-refractivity contribution in [2.24, 2.45) is 0 Å². The molecule has 2 nitrogen and oxygen atoms in total. The Kier molecular flexibility index (Phi) is 11.2. The maximum atomic E-state index is 2.54. The average molecular weight is 843 g/mol. The first-order valence-corrected chi connectivity index (χ1v) is 23.3. The van der Waals surface area contributed by atoms with E-state index in [4.69, 9.17) is 0 Å². The molecule has 8 aromatic carbocycles. The second-order valence-corrected chi connectivity index (χ2v) is 22.9. The van der Waals surface area contributed by atoms with Gasteiger partial charge in [-0.3, -0.25) is 0 Å². The molecule has 0 aliphatic heterocycles. The monoisotopic (exact) mass is 843 g/mol. The van der Waals surface area contributed by atoms with E-state index in [1.807, 2.05) is 0 Å². The number of nitrogens with zero attached hydrogens (tertiary/aromatic N) is 2. The lowest BCUT2D eigenvalue weighted by Crippen LogP contribution is -2.19. The highest BCUT2D eigenvalue weighted by Gasteiger charge is 2.28. The molecule has 0 spiro atoms. The van der Waals surface area contributed by atoms with Gasteiger partial charge in [0.2, 0.25) is 0 Å². The number of aryl methyl sites for hydroxylation is 4. The SMILES string of the molecule is Cc1cc(C)cc(N(c2cc(C(C)(C)C)cc(C(C)(C)C)c2)c2cc3c4ccccc4c(N(c4cc(C)cc(C)c4)c4cc(C(C)(C)C)cc(C(C)(C)C)c4)cc3c3ccccc23)c1. The highest BCUT2D eigenvalue weighted by atomic mass is 15.2. The molecule has 8 rings (SSSR count). The first-order chi connectivity index (χ1) is 29.9. The van der Waals surface area contributed by atoms with Crippen LogP contribution >= 0.6 is 0 Å². The number of anilines is 6. The second kappa shape index (κ2) is 16.0. The van der Waals surface area contributed by atoms with Gasteiger partial charge in [0.05, 0.1) is 11.4 Å². The topological polar surface area (TPSA) is 6.48 Å². The minimum Gasteiger partial charge on any atom is -0.310 e. The maximum absolute atomic E-state index is 2.54. The average Bonchev–Trinajstić information content (AvgIpc) is 3.19. The zero-order valence-corrected chi connectivity index (χ0v) is 41.6. The van der Waals surface area contributed by atoms with Crippen molar-refractivity contribution in [3.05, 3.63) is 178 Å². The van der Waals surface area contributed by atoms with Crippen LogP contribution in [0.4, 0.5) is 34.1 Å². The largest absolute Gasteiger partial charge is 0.310 e. The summed E-state index contributed by atoms with van der Waals surface area (Å²) in [5.74, 6) is 0. The summed E-state index contributed by atoms with van der Waals surface area (Å²) in [6, 6.07) is 51.7. The fourth-order valence-corrected chi connectivity index (χ4v) is 9.51. The molecule has 0 saturated carbocycles. The van der Waals surface area contributed by atoms with Gasteiger partial charge in [-0.25, -0.2) is 0 Å². The minimum absolute atomic E-state index is 0.0377. The third-order valence-electron chi connectivity index (χ3n) is 13.1. The third kappa shape index (κ3) is 8.69. The molecule has 328 valence electrons. The Hall–Kier alpha value is -5.86. The first-order valence-electron chi connectivity index (χ1n) is 23.3. The number of fused-ring (bicyclic) bond motifs is 5. The van der Waals surface area contributed by atoms with Gasteiger partial charge in [0.1, 0.15) is 0 Å². The zero-order chi connectivity index (χ0) is 46.3. The van der Waals surface area contributed by atoms with Crippen LogP contribution in [0, 0.1) is 27.7 Å². The molecule has 0 amide bonds. The van der Waals surface area contributed by atoms with Gasteiger partial charge in [0, 0.05) is 33.5 Å². The van der Waals surface area contributed by atoms with Crippen molar-refractivity contribution in [1.29, 1.82) is 0 Å². The predicted molar refractivity (Wildman–Crippen MR) is 282 cm³/mol. The molecular weight excluding hydrogens is 773 g/mol. The van der Waals surface area contributed by atoms with E-state index in [9.17, 15) is 0 Å². The fourth-order valence-electron chi connectivity index (χ4n) is 9.51. The highest BCUT2D eigenvalue weighted by molar-refractivity contribution is 6.24. The van der Waals surface area contributed by atoms with Crippen LogP contribution in [-0.2, 0) is 21.7 Å². The van der Waals surface area contributed by atoms with Crippen molar-refractivity contribution in [1.82, 2.24) is 0 Å². The number of benzene rings is 8. The van der Waals surface area contributed by atoms with Crippen molar-refractivity contribution in [3.63, 3.8) is 0 Å². The molecule has 0 aliphatic carbocycles. The Bertz CT molecular complexity index is 2760. The predicted octanol–water partition coefficient (Wildman–Crippen LogP) is 18.5. The van der Waals surface area contributed by atoms with Gasteiger partial charge in [-0.1, -0.05) is 156 Å². The molecule has 8 aromatic rings. The molecule has 0 heterocycles. The van der Waals surface area contributed by atoms with Crippen molar-refractivity contribution in [3.8, 4) is 0 Å². The third-order valence-corrected chi connectivity index (χ3v) is 13.1. The molecule has 0 unspecified atom stereocenters. The van der Waals surface area contributed by atoms with E-state index in [1.165, 1.54) is 111 Å². The van der Waals surface area contributed by atoms with E-state index in [2.05, 4.69) is 254 Å².